The van der Waals surface area contributed by atoms with Gasteiger partial charge in [-0.05, 0) is 32.1 Å². The molecule has 0 bridgehead atoms. The molecule has 1 N–H and O–H groups in total. The summed E-state index contributed by atoms with van der Waals surface area (Å²) in [4.78, 5) is 0. The van der Waals surface area contributed by atoms with Gasteiger partial charge in [-0.15, -0.1) is 0 Å². The van der Waals surface area contributed by atoms with Crippen molar-refractivity contribution in [3.8, 4) is 5.75 Å². The van der Waals surface area contributed by atoms with E-state index in [-0.39, 0.29) is 0 Å². The maximum absolute atomic E-state index is 10.1. The Morgan fingerprint density at radius 1 is 1.25 bits per heavy atom. The Morgan fingerprint density at radius 3 is 2.31 bits per heavy atom. The molecule has 1 atom stereocenters. The maximum Gasteiger partial charge on any atom is 0.160 e. The van der Waals surface area contributed by atoms with Gasteiger partial charge in [0.05, 0.1) is 5.69 Å². The van der Waals surface area contributed by atoms with Crippen molar-refractivity contribution >= 4 is 0 Å². The fourth-order valence-electron chi connectivity index (χ4n) is 1.90. The predicted octanol–water partition coefficient (Wildman–Crippen LogP) is 3.32. The van der Waals surface area contributed by atoms with Gasteiger partial charge in [-0.25, -0.2) is 0 Å². The zero-order chi connectivity index (χ0) is 12.3. The molecule has 0 aromatic carbocycles. The topological polar surface area (TPSA) is 38.1 Å². The minimum Gasteiger partial charge on any atom is -0.504 e. The Kier molecular flexibility index (Phi) is 4.39. The van der Waals surface area contributed by atoms with Crippen molar-refractivity contribution in [1.29, 1.82) is 0 Å². The van der Waals surface area contributed by atoms with Crippen molar-refractivity contribution in [2.75, 3.05) is 0 Å². The molecule has 0 spiro atoms. The average molecular weight is 224 g/mol. The van der Waals surface area contributed by atoms with Gasteiger partial charge >= 0.3 is 0 Å². The van der Waals surface area contributed by atoms with Crippen LogP contribution in [0.4, 0.5) is 0 Å². The zero-order valence-corrected chi connectivity index (χ0v) is 11.1. The summed E-state index contributed by atoms with van der Waals surface area (Å²) < 4.78 is 1.99. The van der Waals surface area contributed by atoms with Crippen molar-refractivity contribution in [2.24, 2.45) is 5.92 Å². The molecule has 1 unspecified atom stereocenters. The lowest BCUT2D eigenvalue weighted by atomic mass is 10.1. The summed E-state index contributed by atoms with van der Waals surface area (Å²) in [6.07, 6.45) is 2.72. The van der Waals surface area contributed by atoms with E-state index in [9.17, 15) is 5.11 Å². The molecule has 3 nitrogen and oxygen atoms in total. The fraction of sp³-hybridized carbons (Fsp3) is 0.769. The van der Waals surface area contributed by atoms with Crippen LogP contribution in [0.15, 0.2) is 0 Å². The fourth-order valence-corrected chi connectivity index (χ4v) is 1.90. The summed E-state index contributed by atoms with van der Waals surface area (Å²) in [6, 6.07) is 0.363. The van der Waals surface area contributed by atoms with E-state index in [2.05, 4.69) is 39.7 Å². The second kappa shape index (κ2) is 5.37. The molecule has 0 radical (unpaired) electrons. The van der Waals surface area contributed by atoms with Gasteiger partial charge in [-0.2, -0.15) is 5.10 Å². The van der Waals surface area contributed by atoms with E-state index < -0.39 is 0 Å². The van der Waals surface area contributed by atoms with Crippen molar-refractivity contribution in [3.63, 3.8) is 0 Å². The quantitative estimate of drug-likeness (QED) is 0.833. The van der Waals surface area contributed by atoms with Crippen LogP contribution in [0.25, 0.3) is 0 Å². The molecule has 1 aromatic heterocycles. The molecule has 0 aliphatic carbocycles. The molecule has 16 heavy (non-hydrogen) atoms. The molecule has 1 aromatic rings. The van der Waals surface area contributed by atoms with Crippen LogP contribution >= 0.6 is 0 Å². The SMILES string of the molecule is CCc1c(O)c(CC(C)C)nn1C(C)CC. The summed E-state index contributed by atoms with van der Waals surface area (Å²) >= 11 is 0. The number of aromatic hydroxyl groups is 1. The lowest BCUT2D eigenvalue weighted by molar-refractivity contribution is 0.439. The van der Waals surface area contributed by atoms with Crippen LogP contribution in [-0.2, 0) is 12.8 Å². The number of aromatic nitrogens is 2. The summed E-state index contributed by atoms with van der Waals surface area (Å²) in [5, 5.41) is 14.7. The Balaban J connectivity index is 3.09. The number of rotatable bonds is 5. The van der Waals surface area contributed by atoms with E-state index >= 15 is 0 Å². The first kappa shape index (κ1) is 13.1. The molecular formula is C13H24N2O. The Labute approximate surface area is 98.5 Å². The van der Waals surface area contributed by atoms with Crippen LogP contribution in [0.5, 0.6) is 5.75 Å². The van der Waals surface area contributed by atoms with Gasteiger partial charge in [0, 0.05) is 6.04 Å². The molecule has 0 aliphatic rings. The van der Waals surface area contributed by atoms with Gasteiger partial charge < -0.3 is 5.11 Å². The minimum absolute atomic E-state index is 0.363. The standard InChI is InChI=1S/C13H24N2O/c1-6-10(5)15-12(7-2)13(16)11(14-15)8-9(3)4/h9-10,16H,6-8H2,1-5H3. The lowest BCUT2D eigenvalue weighted by Gasteiger charge is -2.12. The molecule has 0 fully saturated rings. The lowest BCUT2D eigenvalue weighted by Crippen LogP contribution is -2.09. The van der Waals surface area contributed by atoms with Crippen LogP contribution in [0.2, 0.25) is 0 Å². The molecule has 92 valence electrons. The van der Waals surface area contributed by atoms with Crippen molar-refractivity contribution < 1.29 is 5.11 Å². The van der Waals surface area contributed by atoms with Crippen molar-refractivity contribution in [3.05, 3.63) is 11.4 Å². The second-order valence-corrected chi connectivity index (χ2v) is 4.90. The normalized spacial score (nSPS) is 13.4. The zero-order valence-electron chi connectivity index (χ0n) is 11.1. The Hall–Kier alpha value is -0.990. The van der Waals surface area contributed by atoms with Gasteiger partial charge in [0.2, 0.25) is 0 Å². The minimum atomic E-state index is 0.363. The third-order valence-electron chi connectivity index (χ3n) is 3.00. The second-order valence-electron chi connectivity index (χ2n) is 4.90. The van der Waals surface area contributed by atoms with E-state index in [0.29, 0.717) is 17.7 Å². The molecule has 1 heterocycles. The highest BCUT2D eigenvalue weighted by Crippen LogP contribution is 2.28. The average Bonchev–Trinajstić information content (AvgIpc) is 2.54. The van der Waals surface area contributed by atoms with Gasteiger partial charge in [0.25, 0.3) is 0 Å². The first-order chi connectivity index (χ1) is 7.51. The molecule has 1 rings (SSSR count). The molecule has 3 heteroatoms. The molecule has 0 amide bonds. The smallest absolute Gasteiger partial charge is 0.160 e. The highest BCUT2D eigenvalue weighted by atomic mass is 16.3. The van der Waals surface area contributed by atoms with E-state index in [1.165, 1.54) is 0 Å². The highest BCUT2D eigenvalue weighted by Gasteiger charge is 2.18. The van der Waals surface area contributed by atoms with Crippen molar-refractivity contribution in [2.45, 2.75) is 59.9 Å². The van der Waals surface area contributed by atoms with Crippen molar-refractivity contribution in [1.82, 2.24) is 9.78 Å². The molecular weight excluding hydrogens is 200 g/mol. The van der Waals surface area contributed by atoms with Gasteiger partial charge in [0.15, 0.2) is 5.75 Å². The highest BCUT2D eigenvalue weighted by molar-refractivity contribution is 5.33. The Bertz CT molecular complexity index is 342. The summed E-state index contributed by atoms with van der Waals surface area (Å²) in [7, 11) is 0. The molecule has 0 aliphatic heterocycles. The van der Waals surface area contributed by atoms with E-state index in [0.717, 1.165) is 30.7 Å². The largest absolute Gasteiger partial charge is 0.504 e. The predicted molar refractivity (Wildman–Crippen MR) is 66.8 cm³/mol. The third-order valence-corrected chi connectivity index (χ3v) is 3.00. The van der Waals surface area contributed by atoms with Crippen LogP contribution < -0.4 is 0 Å². The Morgan fingerprint density at radius 2 is 1.88 bits per heavy atom. The summed E-state index contributed by atoms with van der Waals surface area (Å²) in [5.74, 6) is 0.937. The van der Waals surface area contributed by atoms with Gasteiger partial charge in [0.1, 0.15) is 5.69 Å². The van der Waals surface area contributed by atoms with E-state index in [1.54, 1.807) is 0 Å². The van der Waals surface area contributed by atoms with Gasteiger partial charge in [-0.1, -0.05) is 27.7 Å². The summed E-state index contributed by atoms with van der Waals surface area (Å²) in [6.45, 7) is 10.6. The maximum atomic E-state index is 10.1. The first-order valence-electron chi connectivity index (χ1n) is 6.30. The summed E-state index contributed by atoms with van der Waals surface area (Å²) in [5.41, 5.74) is 1.83. The van der Waals surface area contributed by atoms with Crippen LogP contribution in [0.1, 0.15) is 58.5 Å². The van der Waals surface area contributed by atoms with E-state index in [1.807, 2.05) is 4.68 Å². The number of hydrogen-bond acceptors (Lipinski definition) is 2. The monoisotopic (exact) mass is 224 g/mol. The van der Waals surface area contributed by atoms with Gasteiger partial charge in [-0.3, -0.25) is 4.68 Å². The first-order valence-corrected chi connectivity index (χ1v) is 6.30. The molecule has 0 saturated carbocycles. The van der Waals surface area contributed by atoms with Crippen LogP contribution in [0.3, 0.4) is 0 Å². The third kappa shape index (κ3) is 2.57. The van der Waals surface area contributed by atoms with E-state index in [4.69, 9.17) is 0 Å². The number of nitrogens with zero attached hydrogens (tertiary/aromatic N) is 2. The number of hydrogen-bond donors (Lipinski definition) is 1. The molecule has 0 saturated heterocycles. The van der Waals surface area contributed by atoms with Crippen LogP contribution in [0, 0.1) is 5.92 Å². The van der Waals surface area contributed by atoms with Crippen LogP contribution in [-0.4, -0.2) is 14.9 Å².